The van der Waals surface area contributed by atoms with Crippen LogP contribution in [-0.4, -0.2) is 24.9 Å². The van der Waals surface area contributed by atoms with Crippen LogP contribution in [-0.2, 0) is 9.47 Å². The largest absolute Gasteiger partial charge is 0.373 e. The van der Waals surface area contributed by atoms with Crippen molar-refractivity contribution < 1.29 is 9.47 Å². The van der Waals surface area contributed by atoms with Crippen LogP contribution in [0.2, 0.25) is 0 Å². The highest BCUT2D eigenvalue weighted by atomic mass is 16.6. The van der Waals surface area contributed by atoms with Crippen molar-refractivity contribution in [2.24, 2.45) is 0 Å². The summed E-state index contributed by atoms with van der Waals surface area (Å²) < 4.78 is 11.1. The van der Waals surface area contributed by atoms with E-state index in [-0.39, 0.29) is 12.2 Å². The van der Waals surface area contributed by atoms with E-state index < -0.39 is 0 Å². The minimum atomic E-state index is 0.279. The lowest BCUT2D eigenvalue weighted by atomic mass is 10.1. The first-order valence-corrected chi connectivity index (χ1v) is 4.01. The smallest absolute Gasteiger partial charge is 0.0836 e. The lowest BCUT2D eigenvalue weighted by molar-refractivity contribution is -0.168. The van der Waals surface area contributed by atoms with Crippen LogP contribution in [0.4, 0.5) is 0 Å². The van der Waals surface area contributed by atoms with Gasteiger partial charge in [0.2, 0.25) is 0 Å². The molecule has 0 aromatic carbocycles. The molecule has 3 atom stereocenters. The summed E-state index contributed by atoms with van der Waals surface area (Å²) in [7, 11) is 0. The van der Waals surface area contributed by atoms with Crippen molar-refractivity contribution >= 4 is 0 Å². The van der Waals surface area contributed by atoms with E-state index in [1.54, 1.807) is 0 Å². The zero-order valence-corrected chi connectivity index (χ0v) is 6.96. The van der Waals surface area contributed by atoms with E-state index in [0.717, 1.165) is 13.0 Å². The highest BCUT2D eigenvalue weighted by molar-refractivity contribution is 4.71. The Morgan fingerprint density at radius 1 is 1.40 bits per heavy atom. The Balaban J connectivity index is 2.38. The lowest BCUT2D eigenvalue weighted by Gasteiger charge is -2.32. The quantitative estimate of drug-likeness (QED) is 0.556. The van der Waals surface area contributed by atoms with Gasteiger partial charge in [-0.2, -0.15) is 0 Å². The third kappa shape index (κ3) is 1.70. The van der Waals surface area contributed by atoms with Crippen molar-refractivity contribution in [3.8, 4) is 0 Å². The number of hydrogen-bond donors (Lipinski definition) is 0. The molecule has 0 spiro atoms. The fourth-order valence-corrected chi connectivity index (χ4v) is 1.27. The maximum Gasteiger partial charge on any atom is 0.0836 e. The molecule has 0 amide bonds. The summed E-state index contributed by atoms with van der Waals surface area (Å²) in [6, 6.07) is 0. The standard InChI is InChI=1S/C8H16O2/c1-4-8-7(3)9-5-6(2)10-8/h6-8H,4-5H2,1-3H3. The van der Waals surface area contributed by atoms with E-state index in [1.807, 2.05) is 0 Å². The molecule has 60 valence electrons. The zero-order chi connectivity index (χ0) is 7.56. The highest BCUT2D eigenvalue weighted by Gasteiger charge is 2.24. The Kier molecular flexibility index (Phi) is 2.69. The summed E-state index contributed by atoms with van der Waals surface area (Å²) in [5.74, 6) is 0. The van der Waals surface area contributed by atoms with Crippen molar-refractivity contribution in [3.05, 3.63) is 0 Å². The summed E-state index contributed by atoms with van der Waals surface area (Å²) in [5, 5.41) is 0. The van der Waals surface area contributed by atoms with Crippen LogP contribution in [0.3, 0.4) is 0 Å². The fourth-order valence-electron chi connectivity index (χ4n) is 1.27. The zero-order valence-electron chi connectivity index (χ0n) is 6.96. The van der Waals surface area contributed by atoms with Gasteiger partial charge in [0.1, 0.15) is 0 Å². The Bertz CT molecular complexity index is 103. The molecular weight excluding hydrogens is 128 g/mol. The summed E-state index contributed by atoms with van der Waals surface area (Å²) in [6.45, 7) is 6.99. The topological polar surface area (TPSA) is 18.5 Å². The Labute approximate surface area is 62.5 Å². The third-order valence-corrected chi connectivity index (χ3v) is 1.93. The van der Waals surface area contributed by atoms with E-state index >= 15 is 0 Å². The SMILES string of the molecule is CCC1OC(C)COC1C. The molecule has 2 nitrogen and oxygen atoms in total. The van der Waals surface area contributed by atoms with Gasteiger partial charge in [-0.1, -0.05) is 6.92 Å². The maximum atomic E-state index is 5.62. The Morgan fingerprint density at radius 3 is 2.60 bits per heavy atom. The lowest BCUT2D eigenvalue weighted by Crippen LogP contribution is -2.40. The first-order chi connectivity index (χ1) is 4.74. The van der Waals surface area contributed by atoms with Crippen molar-refractivity contribution in [3.63, 3.8) is 0 Å². The first-order valence-electron chi connectivity index (χ1n) is 4.01. The van der Waals surface area contributed by atoms with Crippen LogP contribution < -0.4 is 0 Å². The van der Waals surface area contributed by atoms with Gasteiger partial charge in [-0.25, -0.2) is 0 Å². The monoisotopic (exact) mass is 144 g/mol. The first kappa shape index (κ1) is 8.02. The van der Waals surface area contributed by atoms with Crippen LogP contribution >= 0.6 is 0 Å². The number of rotatable bonds is 1. The molecule has 1 rings (SSSR count). The van der Waals surface area contributed by atoms with E-state index in [4.69, 9.17) is 9.47 Å². The molecule has 2 heteroatoms. The average molecular weight is 144 g/mol. The van der Waals surface area contributed by atoms with Gasteiger partial charge in [0, 0.05) is 0 Å². The summed E-state index contributed by atoms with van der Waals surface area (Å²) in [5.41, 5.74) is 0. The number of ether oxygens (including phenoxy) is 2. The van der Waals surface area contributed by atoms with Gasteiger partial charge in [-0.15, -0.1) is 0 Å². The summed E-state index contributed by atoms with van der Waals surface area (Å²) in [4.78, 5) is 0. The fraction of sp³-hybridized carbons (Fsp3) is 1.00. The van der Waals surface area contributed by atoms with E-state index in [9.17, 15) is 0 Å². The summed E-state index contributed by atoms with van der Waals surface area (Å²) >= 11 is 0. The second-order valence-electron chi connectivity index (χ2n) is 2.93. The van der Waals surface area contributed by atoms with Crippen molar-refractivity contribution in [1.82, 2.24) is 0 Å². The molecular formula is C8H16O2. The Hall–Kier alpha value is -0.0800. The van der Waals surface area contributed by atoms with Gasteiger partial charge in [0.15, 0.2) is 0 Å². The van der Waals surface area contributed by atoms with Crippen molar-refractivity contribution in [2.45, 2.75) is 45.5 Å². The minimum absolute atomic E-state index is 0.279. The second-order valence-corrected chi connectivity index (χ2v) is 2.93. The predicted octanol–water partition coefficient (Wildman–Crippen LogP) is 1.59. The van der Waals surface area contributed by atoms with Crippen molar-refractivity contribution in [2.75, 3.05) is 6.61 Å². The van der Waals surface area contributed by atoms with Crippen LogP contribution in [0, 0.1) is 0 Å². The minimum Gasteiger partial charge on any atom is -0.373 e. The molecule has 0 N–H and O–H groups in total. The molecule has 0 radical (unpaired) electrons. The van der Waals surface area contributed by atoms with Gasteiger partial charge in [-0.3, -0.25) is 0 Å². The van der Waals surface area contributed by atoms with Crippen LogP contribution in [0.25, 0.3) is 0 Å². The Morgan fingerprint density at radius 2 is 2.10 bits per heavy atom. The summed E-state index contributed by atoms with van der Waals surface area (Å²) in [6.07, 6.45) is 1.91. The molecule has 0 aliphatic carbocycles. The molecule has 10 heavy (non-hydrogen) atoms. The molecule has 1 aliphatic rings. The molecule has 0 bridgehead atoms. The van der Waals surface area contributed by atoms with E-state index in [0.29, 0.717) is 6.10 Å². The van der Waals surface area contributed by atoms with E-state index in [1.165, 1.54) is 0 Å². The molecule has 3 unspecified atom stereocenters. The second kappa shape index (κ2) is 3.35. The molecule has 1 saturated heterocycles. The third-order valence-electron chi connectivity index (χ3n) is 1.93. The van der Waals surface area contributed by atoms with Gasteiger partial charge in [0.25, 0.3) is 0 Å². The van der Waals surface area contributed by atoms with Crippen LogP contribution in [0.15, 0.2) is 0 Å². The normalized spacial score (nSPS) is 41.7. The van der Waals surface area contributed by atoms with Gasteiger partial charge < -0.3 is 9.47 Å². The molecule has 1 heterocycles. The molecule has 1 fully saturated rings. The molecule has 0 saturated carbocycles. The van der Waals surface area contributed by atoms with Gasteiger partial charge in [0.05, 0.1) is 24.9 Å². The van der Waals surface area contributed by atoms with Crippen molar-refractivity contribution in [1.29, 1.82) is 0 Å². The molecule has 0 aromatic rings. The maximum absolute atomic E-state index is 5.62. The van der Waals surface area contributed by atoms with Crippen LogP contribution in [0.1, 0.15) is 27.2 Å². The highest BCUT2D eigenvalue weighted by Crippen LogP contribution is 2.16. The average Bonchev–Trinajstić information content (AvgIpc) is 1.94. The molecule has 0 aromatic heterocycles. The number of hydrogen-bond acceptors (Lipinski definition) is 2. The van der Waals surface area contributed by atoms with Crippen LogP contribution in [0.5, 0.6) is 0 Å². The predicted molar refractivity (Wildman–Crippen MR) is 40.0 cm³/mol. The van der Waals surface area contributed by atoms with Gasteiger partial charge >= 0.3 is 0 Å². The van der Waals surface area contributed by atoms with Gasteiger partial charge in [-0.05, 0) is 20.3 Å². The van der Waals surface area contributed by atoms with E-state index in [2.05, 4.69) is 20.8 Å². The molecule has 1 aliphatic heterocycles.